The quantitative estimate of drug-likeness (QED) is 0.859. The minimum absolute atomic E-state index is 0.00680. The van der Waals surface area contributed by atoms with E-state index in [1.165, 1.54) is 0 Å². The number of hydrogen-bond donors (Lipinski definition) is 1. The molecule has 1 atom stereocenters. The number of likely N-dealkylation sites (tertiary alicyclic amines) is 1. The Hall–Kier alpha value is -2.44. The Morgan fingerprint density at radius 1 is 1.22 bits per heavy atom. The molecule has 2 aliphatic heterocycles. The summed E-state index contributed by atoms with van der Waals surface area (Å²) < 4.78 is 0. The summed E-state index contributed by atoms with van der Waals surface area (Å²) in [5.41, 5.74) is 6.03. The standard InChI is InChI=1S/C16H20N4O3/c17-15(22)11-3-6-19(7-4-11)16(23)12-8-14(21)20(10-12)13-2-1-5-18-9-13/h1-2,5,9,11-12H,3-4,6-8,10H2,(H2,17,22). The van der Waals surface area contributed by atoms with Gasteiger partial charge in [-0.25, -0.2) is 0 Å². The van der Waals surface area contributed by atoms with Crippen molar-refractivity contribution in [3.63, 3.8) is 0 Å². The first-order chi connectivity index (χ1) is 11.1. The number of pyridine rings is 1. The highest BCUT2D eigenvalue weighted by Gasteiger charge is 2.38. The lowest BCUT2D eigenvalue weighted by Crippen LogP contribution is -2.44. The molecule has 0 spiro atoms. The van der Waals surface area contributed by atoms with Gasteiger partial charge in [-0.15, -0.1) is 0 Å². The van der Waals surface area contributed by atoms with Crippen LogP contribution in [0, 0.1) is 11.8 Å². The number of carbonyl (C=O) groups excluding carboxylic acids is 3. The van der Waals surface area contributed by atoms with Crippen LogP contribution in [0.3, 0.4) is 0 Å². The molecule has 1 unspecified atom stereocenters. The molecule has 3 heterocycles. The van der Waals surface area contributed by atoms with E-state index in [0.717, 1.165) is 5.69 Å². The number of anilines is 1. The molecule has 122 valence electrons. The summed E-state index contributed by atoms with van der Waals surface area (Å²) in [6, 6.07) is 3.59. The van der Waals surface area contributed by atoms with Crippen molar-refractivity contribution in [2.45, 2.75) is 19.3 Å². The Morgan fingerprint density at radius 2 is 1.96 bits per heavy atom. The summed E-state index contributed by atoms with van der Waals surface area (Å²) in [6.45, 7) is 1.45. The van der Waals surface area contributed by atoms with Gasteiger partial charge in [-0.2, -0.15) is 0 Å². The molecule has 0 saturated carbocycles. The van der Waals surface area contributed by atoms with Crippen LogP contribution in [-0.4, -0.2) is 47.2 Å². The van der Waals surface area contributed by atoms with Crippen molar-refractivity contribution in [2.24, 2.45) is 17.6 Å². The third kappa shape index (κ3) is 3.18. The first-order valence-corrected chi connectivity index (χ1v) is 7.84. The van der Waals surface area contributed by atoms with Gasteiger partial charge in [0.25, 0.3) is 0 Å². The Labute approximate surface area is 134 Å². The van der Waals surface area contributed by atoms with E-state index >= 15 is 0 Å². The Balaban J connectivity index is 1.61. The predicted octanol–water partition coefficient (Wildman–Crippen LogP) is 0.158. The average molecular weight is 316 g/mol. The van der Waals surface area contributed by atoms with Crippen LogP contribution in [0.15, 0.2) is 24.5 Å². The van der Waals surface area contributed by atoms with Gasteiger partial charge in [0.1, 0.15) is 0 Å². The van der Waals surface area contributed by atoms with Crippen LogP contribution in [0.1, 0.15) is 19.3 Å². The maximum absolute atomic E-state index is 12.6. The largest absolute Gasteiger partial charge is 0.369 e. The molecule has 23 heavy (non-hydrogen) atoms. The maximum atomic E-state index is 12.6. The molecule has 2 saturated heterocycles. The molecule has 2 aliphatic rings. The number of nitrogens with zero attached hydrogens (tertiary/aromatic N) is 3. The number of nitrogens with two attached hydrogens (primary N) is 1. The molecule has 0 bridgehead atoms. The Morgan fingerprint density at radius 3 is 2.57 bits per heavy atom. The van der Waals surface area contributed by atoms with E-state index in [1.807, 2.05) is 6.07 Å². The smallest absolute Gasteiger partial charge is 0.228 e. The van der Waals surface area contributed by atoms with Gasteiger partial charge in [-0.3, -0.25) is 19.4 Å². The van der Waals surface area contributed by atoms with E-state index in [1.54, 1.807) is 28.3 Å². The first-order valence-electron chi connectivity index (χ1n) is 7.84. The molecule has 0 aromatic carbocycles. The molecule has 3 rings (SSSR count). The van der Waals surface area contributed by atoms with E-state index in [9.17, 15) is 14.4 Å². The summed E-state index contributed by atoms with van der Waals surface area (Å²) in [6.07, 6.45) is 4.71. The fraction of sp³-hybridized carbons (Fsp3) is 0.500. The van der Waals surface area contributed by atoms with Crippen LogP contribution < -0.4 is 10.6 Å². The van der Waals surface area contributed by atoms with E-state index in [0.29, 0.717) is 32.5 Å². The summed E-state index contributed by atoms with van der Waals surface area (Å²) in [4.78, 5) is 43.4. The number of carbonyl (C=O) groups is 3. The molecule has 7 nitrogen and oxygen atoms in total. The van der Waals surface area contributed by atoms with Crippen molar-refractivity contribution < 1.29 is 14.4 Å². The Kier molecular flexibility index (Phi) is 4.27. The summed E-state index contributed by atoms with van der Waals surface area (Å²) in [5.74, 6) is -0.823. The fourth-order valence-corrected chi connectivity index (χ4v) is 3.28. The highest BCUT2D eigenvalue weighted by atomic mass is 16.2. The zero-order valence-electron chi connectivity index (χ0n) is 12.9. The minimum Gasteiger partial charge on any atom is -0.369 e. The number of piperidine rings is 1. The van der Waals surface area contributed by atoms with E-state index in [4.69, 9.17) is 5.73 Å². The monoisotopic (exact) mass is 316 g/mol. The van der Waals surface area contributed by atoms with Crippen molar-refractivity contribution >= 4 is 23.4 Å². The maximum Gasteiger partial charge on any atom is 0.228 e. The normalized spacial score (nSPS) is 22.4. The van der Waals surface area contributed by atoms with Crippen molar-refractivity contribution in [1.29, 1.82) is 0 Å². The van der Waals surface area contributed by atoms with Crippen LogP contribution in [0.2, 0.25) is 0 Å². The molecule has 0 radical (unpaired) electrons. The van der Waals surface area contributed by atoms with Crippen LogP contribution in [0.4, 0.5) is 5.69 Å². The SMILES string of the molecule is NC(=O)C1CCN(C(=O)C2CC(=O)N(c3cccnc3)C2)CC1. The molecular formula is C16H20N4O3. The molecule has 2 N–H and O–H groups in total. The van der Waals surface area contributed by atoms with Crippen molar-refractivity contribution in [1.82, 2.24) is 9.88 Å². The average Bonchev–Trinajstić information content (AvgIpc) is 2.97. The summed E-state index contributed by atoms with van der Waals surface area (Å²) in [7, 11) is 0. The lowest BCUT2D eigenvalue weighted by molar-refractivity contribution is -0.138. The third-order valence-electron chi connectivity index (χ3n) is 4.64. The van der Waals surface area contributed by atoms with Gasteiger partial charge < -0.3 is 15.5 Å². The van der Waals surface area contributed by atoms with Crippen molar-refractivity contribution in [3.8, 4) is 0 Å². The van der Waals surface area contributed by atoms with Gasteiger partial charge >= 0.3 is 0 Å². The Bertz CT molecular complexity index is 611. The number of amides is 3. The second kappa shape index (κ2) is 6.36. The van der Waals surface area contributed by atoms with Crippen LogP contribution >= 0.6 is 0 Å². The molecule has 7 heteroatoms. The van der Waals surface area contributed by atoms with Gasteiger partial charge in [0.2, 0.25) is 17.7 Å². The van der Waals surface area contributed by atoms with Crippen molar-refractivity contribution in [3.05, 3.63) is 24.5 Å². The molecule has 3 amide bonds. The lowest BCUT2D eigenvalue weighted by Gasteiger charge is -2.32. The molecular weight excluding hydrogens is 296 g/mol. The number of hydrogen-bond acceptors (Lipinski definition) is 4. The van der Waals surface area contributed by atoms with Gasteiger partial charge in [0.05, 0.1) is 17.8 Å². The lowest BCUT2D eigenvalue weighted by atomic mass is 9.95. The van der Waals surface area contributed by atoms with Gasteiger partial charge in [-0.1, -0.05) is 0 Å². The van der Waals surface area contributed by atoms with Crippen molar-refractivity contribution in [2.75, 3.05) is 24.5 Å². The van der Waals surface area contributed by atoms with E-state index < -0.39 is 0 Å². The number of primary amides is 1. The second-order valence-corrected chi connectivity index (χ2v) is 6.12. The first kappa shape index (κ1) is 15.5. The zero-order valence-corrected chi connectivity index (χ0v) is 12.9. The zero-order chi connectivity index (χ0) is 16.4. The molecule has 2 fully saturated rings. The highest BCUT2D eigenvalue weighted by molar-refractivity contribution is 6.00. The third-order valence-corrected chi connectivity index (χ3v) is 4.64. The topological polar surface area (TPSA) is 96.6 Å². The summed E-state index contributed by atoms with van der Waals surface area (Å²) >= 11 is 0. The van der Waals surface area contributed by atoms with Gasteiger partial charge in [-0.05, 0) is 25.0 Å². The van der Waals surface area contributed by atoms with Gasteiger partial charge in [0.15, 0.2) is 0 Å². The van der Waals surface area contributed by atoms with Crippen LogP contribution in [0.25, 0.3) is 0 Å². The van der Waals surface area contributed by atoms with E-state index in [-0.39, 0.29) is 36.0 Å². The van der Waals surface area contributed by atoms with Gasteiger partial charge in [0, 0.05) is 38.2 Å². The van der Waals surface area contributed by atoms with Crippen LogP contribution in [-0.2, 0) is 14.4 Å². The van der Waals surface area contributed by atoms with E-state index in [2.05, 4.69) is 4.98 Å². The second-order valence-electron chi connectivity index (χ2n) is 6.12. The minimum atomic E-state index is -0.326. The fourth-order valence-electron chi connectivity index (χ4n) is 3.28. The van der Waals surface area contributed by atoms with Crippen LogP contribution in [0.5, 0.6) is 0 Å². The molecule has 1 aromatic rings. The molecule has 0 aliphatic carbocycles. The highest BCUT2D eigenvalue weighted by Crippen LogP contribution is 2.27. The predicted molar refractivity (Wildman–Crippen MR) is 83.2 cm³/mol. The summed E-state index contributed by atoms with van der Waals surface area (Å²) in [5, 5.41) is 0. The number of rotatable bonds is 3. The molecule has 1 aromatic heterocycles. The number of aromatic nitrogens is 1.